The largest absolute Gasteiger partial charge is 0.461 e. The second-order valence-corrected chi connectivity index (χ2v) is 10.3. The number of carbonyl (C=O) groups excluding carboxylic acids is 1. The molecular formula is C21H20N4O4S2. The summed E-state index contributed by atoms with van der Waals surface area (Å²) in [5.74, 6) is 0.749. The number of sulfonamides is 1. The fourth-order valence-electron chi connectivity index (χ4n) is 3.18. The van der Waals surface area contributed by atoms with Crippen LogP contribution in [0.4, 0.5) is 5.69 Å². The number of aromatic nitrogens is 2. The Bertz CT molecular complexity index is 1370. The summed E-state index contributed by atoms with van der Waals surface area (Å²) in [5.41, 5.74) is 2.06. The number of fused-ring (bicyclic) bond motifs is 1. The molecule has 0 aliphatic carbocycles. The van der Waals surface area contributed by atoms with E-state index < -0.39 is 10.0 Å². The van der Waals surface area contributed by atoms with E-state index in [0.29, 0.717) is 27.0 Å². The smallest absolute Gasteiger partial charge is 0.266 e. The maximum atomic E-state index is 12.9. The van der Waals surface area contributed by atoms with Gasteiger partial charge in [0.1, 0.15) is 4.83 Å². The minimum absolute atomic E-state index is 0.157. The van der Waals surface area contributed by atoms with E-state index in [4.69, 9.17) is 4.42 Å². The Morgan fingerprint density at radius 3 is 2.42 bits per heavy atom. The highest BCUT2D eigenvalue weighted by Crippen LogP contribution is 2.33. The van der Waals surface area contributed by atoms with Crippen LogP contribution in [0.2, 0.25) is 0 Å². The minimum Gasteiger partial charge on any atom is -0.461 e. The molecule has 1 aromatic carbocycles. The van der Waals surface area contributed by atoms with Gasteiger partial charge in [-0.1, -0.05) is 0 Å². The van der Waals surface area contributed by atoms with Gasteiger partial charge in [-0.05, 0) is 55.8 Å². The zero-order valence-electron chi connectivity index (χ0n) is 17.3. The first kappa shape index (κ1) is 21.2. The zero-order chi connectivity index (χ0) is 22.3. The highest BCUT2D eigenvalue weighted by Gasteiger charge is 2.21. The quantitative estimate of drug-likeness (QED) is 0.485. The van der Waals surface area contributed by atoms with Crippen LogP contribution in [0.5, 0.6) is 0 Å². The van der Waals surface area contributed by atoms with E-state index in [2.05, 4.69) is 15.3 Å². The van der Waals surface area contributed by atoms with Crippen molar-refractivity contribution >= 4 is 43.2 Å². The molecule has 10 heteroatoms. The Balaban J connectivity index is 1.64. The number of furan rings is 1. The van der Waals surface area contributed by atoms with Gasteiger partial charge in [-0.15, -0.1) is 11.3 Å². The molecule has 31 heavy (non-hydrogen) atoms. The number of aryl methyl sites for hydroxylation is 2. The number of hydrogen-bond donors (Lipinski definition) is 1. The van der Waals surface area contributed by atoms with E-state index in [-0.39, 0.29) is 10.8 Å². The maximum absolute atomic E-state index is 12.9. The molecule has 3 heterocycles. The number of hydrogen-bond acceptors (Lipinski definition) is 7. The monoisotopic (exact) mass is 456 g/mol. The Morgan fingerprint density at radius 2 is 1.81 bits per heavy atom. The van der Waals surface area contributed by atoms with E-state index in [1.54, 1.807) is 30.5 Å². The first-order valence-electron chi connectivity index (χ1n) is 9.34. The summed E-state index contributed by atoms with van der Waals surface area (Å²) >= 11 is 1.28. The molecule has 0 aliphatic rings. The molecule has 0 aliphatic heterocycles. The third kappa shape index (κ3) is 3.85. The molecule has 0 saturated carbocycles. The summed E-state index contributed by atoms with van der Waals surface area (Å²) in [6, 6.07) is 9.62. The van der Waals surface area contributed by atoms with Crippen molar-refractivity contribution in [3.05, 3.63) is 58.8 Å². The summed E-state index contributed by atoms with van der Waals surface area (Å²) in [5, 5.41) is 3.67. The standard InChI is InChI=1S/C21H20N4O4S2/c1-12-17-13(2)22-19(16-6-5-11-29-16)24-21(17)30-18(12)20(26)23-14-7-9-15(10-8-14)31(27,28)25(3)4/h5-11H,1-4H3,(H,23,26). The molecule has 160 valence electrons. The van der Waals surface area contributed by atoms with Gasteiger partial charge in [0.25, 0.3) is 5.91 Å². The van der Waals surface area contributed by atoms with Crippen molar-refractivity contribution in [3.8, 4) is 11.6 Å². The molecule has 0 bridgehead atoms. The average molecular weight is 457 g/mol. The lowest BCUT2D eigenvalue weighted by atomic mass is 10.1. The molecule has 8 nitrogen and oxygen atoms in total. The normalized spacial score (nSPS) is 11.9. The summed E-state index contributed by atoms with van der Waals surface area (Å²) in [7, 11) is -0.587. The Kier molecular flexibility index (Phi) is 5.38. The molecular weight excluding hydrogens is 436 g/mol. The van der Waals surface area contributed by atoms with E-state index in [1.165, 1.54) is 37.6 Å². The summed E-state index contributed by atoms with van der Waals surface area (Å²) in [4.78, 5) is 23.4. The van der Waals surface area contributed by atoms with Crippen molar-refractivity contribution < 1.29 is 17.6 Å². The highest BCUT2D eigenvalue weighted by molar-refractivity contribution is 7.89. The van der Waals surface area contributed by atoms with Crippen molar-refractivity contribution in [1.29, 1.82) is 0 Å². The molecule has 0 atom stereocenters. The van der Waals surface area contributed by atoms with Crippen LogP contribution in [0.3, 0.4) is 0 Å². The van der Waals surface area contributed by atoms with E-state index in [0.717, 1.165) is 20.9 Å². The highest BCUT2D eigenvalue weighted by atomic mass is 32.2. The van der Waals surface area contributed by atoms with Crippen molar-refractivity contribution in [3.63, 3.8) is 0 Å². The predicted molar refractivity (Wildman–Crippen MR) is 120 cm³/mol. The second-order valence-electron chi connectivity index (χ2n) is 7.11. The lowest BCUT2D eigenvalue weighted by Crippen LogP contribution is -2.22. The predicted octanol–water partition coefficient (Wildman–Crippen LogP) is 4.07. The van der Waals surface area contributed by atoms with Crippen molar-refractivity contribution in [2.75, 3.05) is 19.4 Å². The molecule has 3 aromatic heterocycles. The number of anilines is 1. The fraction of sp³-hybridized carbons (Fsp3) is 0.190. The molecule has 0 radical (unpaired) electrons. The average Bonchev–Trinajstić information content (AvgIpc) is 3.37. The molecule has 4 aromatic rings. The SMILES string of the molecule is Cc1nc(-c2ccco2)nc2sc(C(=O)Nc3ccc(S(=O)(=O)N(C)C)cc3)c(C)c12. The lowest BCUT2D eigenvalue weighted by Gasteiger charge is -2.12. The summed E-state index contributed by atoms with van der Waals surface area (Å²) in [6.45, 7) is 3.74. The van der Waals surface area contributed by atoms with Gasteiger partial charge < -0.3 is 9.73 Å². The molecule has 1 amide bonds. The Labute approximate surface area is 183 Å². The summed E-state index contributed by atoms with van der Waals surface area (Å²) in [6.07, 6.45) is 1.56. The number of amides is 1. The van der Waals surface area contributed by atoms with Gasteiger partial charge in [0.15, 0.2) is 11.6 Å². The molecule has 0 unspecified atom stereocenters. The van der Waals surface area contributed by atoms with Crippen LogP contribution in [0, 0.1) is 13.8 Å². The van der Waals surface area contributed by atoms with Crippen LogP contribution in [-0.4, -0.2) is 42.7 Å². The van der Waals surface area contributed by atoms with Gasteiger partial charge in [-0.2, -0.15) is 0 Å². The van der Waals surface area contributed by atoms with Crippen LogP contribution >= 0.6 is 11.3 Å². The Hall–Kier alpha value is -3.08. The summed E-state index contributed by atoms with van der Waals surface area (Å²) < 4.78 is 30.9. The zero-order valence-corrected chi connectivity index (χ0v) is 19.0. The molecule has 0 spiro atoms. The van der Waals surface area contributed by atoms with Gasteiger partial charge >= 0.3 is 0 Å². The third-order valence-corrected chi connectivity index (χ3v) is 7.82. The maximum Gasteiger partial charge on any atom is 0.266 e. The van der Waals surface area contributed by atoms with Crippen molar-refractivity contribution in [2.24, 2.45) is 0 Å². The minimum atomic E-state index is -3.53. The first-order chi connectivity index (χ1) is 14.7. The number of rotatable bonds is 5. The van der Waals surface area contributed by atoms with E-state index in [1.807, 2.05) is 13.8 Å². The fourth-order valence-corrected chi connectivity index (χ4v) is 5.21. The van der Waals surface area contributed by atoms with Crippen LogP contribution < -0.4 is 5.32 Å². The van der Waals surface area contributed by atoms with Crippen LogP contribution in [-0.2, 0) is 10.0 Å². The van der Waals surface area contributed by atoms with Gasteiger partial charge in [-0.3, -0.25) is 4.79 Å². The Morgan fingerprint density at radius 1 is 1.10 bits per heavy atom. The van der Waals surface area contributed by atoms with E-state index in [9.17, 15) is 13.2 Å². The van der Waals surface area contributed by atoms with Crippen molar-refractivity contribution in [2.45, 2.75) is 18.7 Å². The van der Waals surface area contributed by atoms with Crippen LogP contribution in [0.15, 0.2) is 52.0 Å². The molecule has 4 rings (SSSR count). The van der Waals surface area contributed by atoms with E-state index >= 15 is 0 Å². The number of thiophene rings is 1. The number of nitrogens with zero attached hydrogens (tertiary/aromatic N) is 3. The lowest BCUT2D eigenvalue weighted by molar-refractivity contribution is 0.103. The van der Waals surface area contributed by atoms with Crippen LogP contribution in [0.1, 0.15) is 20.9 Å². The molecule has 1 N–H and O–H groups in total. The second kappa shape index (κ2) is 7.88. The van der Waals surface area contributed by atoms with Gasteiger partial charge in [-0.25, -0.2) is 22.7 Å². The van der Waals surface area contributed by atoms with Gasteiger partial charge in [0.05, 0.1) is 21.7 Å². The number of benzene rings is 1. The van der Waals surface area contributed by atoms with Crippen LogP contribution in [0.25, 0.3) is 21.8 Å². The molecule has 0 fully saturated rings. The third-order valence-electron chi connectivity index (χ3n) is 4.81. The van der Waals surface area contributed by atoms with Crippen molar-refractivity contribution in [1.82, 2.24) is 14.3 Å². The van der Waals surface area contributed by atoms with Gasteiger partial charge in [0.2, 0.25) is 10.0 Å². The first-order valence-corrected chi connectivity index (χ1v) is 11.6. The van der Waals surface area contributed by atoms with Gasteiger partial charge in [0, 0.05) is 25.2 Å². The molecule has 0 saturated heterocycles. The number of nitrogens with one attached hydrogen (secondary N) is 1. The number of carbonyl (C=O) groups is 1. The topological polar surface area (TPSA) is 105 Å².